The van der Waals surface area contributed by atoms with Crippen LogP contribution < -0.4 is 5.32 Å². The van der Waals surface area contributed by atoms with E-state index in [-0.39, 0.29) is 0 Å². The zero-order valence-corrected chi connectivity index (χ0v) is 11.7. The largest absolute Gasteiger partial charge is 0.307 e. The van der Waals surface area contributed by atoms with Gasteiger partial charge in [0.25, 0.3) is 0 Å². The van der Waals surface area contributed by atoms with Crippen molar-refractivity contribution in [1.82, 2.24) is 15.3 Å². The number of nitrogens with zero attached hydrogens (tertiary/aromatic N) is 2. The first-order valence-corrected chi connectivity index (χ1v) is 6.96. The van der Waals surface area contributed by atoms with Crippen molar-refractivity contribution >= 4 is 11.6 Å². The molecule has 0 atom stereocenters. The number of aryl methyl sites for hydroxylation is 1. The maximum absolute atomic E-state index is 5.90. The van der Waals surface area contributed by atoms with Crippen LogP contribution in [0.1, 0.15) is 35.3 Å². The minimum absolute atomic E-state index is 0.761. The van der Waals surface area contributed by atoms with Gasteiger partial charge in [-0.1, -0.05) is 30.7 Å². The van der Waals surface area contributed by atoms with Gasteiger partial charge in [-0.25, -0.2) is 9.97 Å². The lowest BCUT2D eigenvalue weighted by Gasteiger charge is -2.08. The van der Waals surface area contributed by atoms with Crippen LogP contribution in [0.5, 0.6) is 0 Å². The van der Waals surface area contributed by atoms with Crippen LogP contribution in [0.25, 0.3) is 0 Å². The summed E-state index contributed by atoms with van der Waals surface area (Å²) in [5, 5.41) is 4.10. The molecule has 19 heavy (non-hydrogen) atoms. The molecule has 0 unspecified atom stereocenters. The Labute approximate surface area is 118 Å². The normalized spacial score (nSPS) is 13.6. The second-order valence-electron chi connectivity index (χ2n) is 4.77. The Balaban J connectivity index is 1.91. The quantitative estimate of drug-likeness (QED) is 0.934. The van der Waals surface area contributed by atoms with Crippen LogP contribution in [-0.4, -0.2) is 9.97 Å². The average Bonchev–Trinajstić information content (AvgIpc) is 2.89. The van der Waals surface area contributed by atoms with Gasteiger partial charge >= 0.3 is 0 Å². The average molecular weight is 274 g/mol. The molecule has 0 amide bonds. The molecule has 1 aliphatic rings. The summed E-state index contributed by atoms with van der Waals surface area (Å²) in [5.41, 5.74) is 4.83. The maximum atomic E-state index is 5.90. The molecule has 1 N–H and O–H groups in total. The van der Waals surface area contributed by atoms with Gasteiger partial charge in [0.2, 0.25) is 0 Å². The number of aromatic nitrogens is 2. The number of benzene rings is 1. The van der Waals surface area contributed by atoms with Crippen molar-refractivity contribution in [2.75, 3.05) is 0 Å². The molecule has 1 aromatic carbocycles. The zero-order chi connectivity index (χ0) is 13.2. The Hall–Kier alpha value is -1.45. The van der Waals surface area contributed by atoms with E-state index in [0.717, 1.165) is 42.5 Å². The van der Waals surface area contributed by atoms with Crippen molar-refractivity contribution in [2.45, 2.75) is 32.9 Å². The van der Waals surface area contributed by atoms with E-state index in [1.165, 1.54) is 16.8 Å². The third-order valence-electron chi connectivity index (χ3n) is 3.43. The third kappa shape index (κ3) is 2.62. The van der Waals surface area contributed by atoms with Crippen LogP contribution >= 0.6 is 11.6 Å². The van der Waals surface area contributed by atoms with Gasteiger partial charge in [0, 0.05) is 35.8 Å². The first-order chi connectivity index (χ1) is 9.26. The van der Waals surface area contributed by atoms with E-state index in [1.807, 2.05) is 24.3 Å². The van der Waals surface area contributed by atoms with Crippen LogP contribution in [0.15, 0.2) is 24.3 Å². The Kier molecular flexibility index (Phi) is 3.49. The molecule has 0 saturated carbocycles. The predicted octanol–water partition coefficient (Wildman–Crippen LogP) is 2.89. The highest BCUT2D eigenvalue weighted by atomic mass is 35.5. The van der Waals surface area contributed by atoms with E-state index in [0.29, 0.717) is 0 Å². The highest BCUT2D eigenvalue weighted by molar-refractivity contribution is 6.30. The number of hydrogen-bond acceptors (Lipinski definition) is 3. The zero-order valence-electron chi connectivity index (χ0n) is 10.9. The first-order valence-electron chi connectivity index (χ1n) is 6.59. The van der Waals surface area contributed by atoms with Crippen LogP contribution in [-0.2, 0) is 25.9 Å². The molecule has 1 aromatic heterocycles. The molecular formula is C15H16ClN3. The Morgan fingerprint density at radius 2 is 1.95 bits per heavy atom. The summed E-state index contributed by atoms with van der Waals surface area (Å²) in [6, 6.07) is 7.88. The van der Waals surface area contributed by atoms with Crippen molar-refractivity contribution in [1.29, 1.82) is 0 Å². The molecule has 3 nitrogen and oxygen atoms in total. The molecule has 4 heteroatoms. The number of nitrogens with one attached hydrogen (secondary N) is 1. The maximum Gasteiger partial charge on any atom is 0.133 e. The highest BCUT2D eigenvalue weighted by Gasteiger charge is 2.17. The topological polar surface area (TPSA) is 37.8 Å². The highest BCUT2D eigenvalue weighted by Crippen LogP contribution is 2.19. The minimum Gasteiger partial charge on any atom is -0.307 e. The molecular weight excluding hydrogens is 258 g/mol. The number of rotatable bonds is 3. The summed E-state index contributed by atoms with van der Waals surface area (Å²) in [4.78, 5) is 9.37. The van der Waals surface area contributed by atoms with Crippen LogP contribution in [0.3, 0.4) is 0 Å². The molecule has 0 spiro atoms. The van der Waals surface area contributed by atoms with E-state index in [4.69, 9.17) is 16.6 Å². The summed E-state index contributed by atoms with van der Waals surface area (Å²) >= 11 is 5.90. The summed E-state index contributed by atoms with van der Waals surface area (Å²) in [6.45, 7) is 3.91. The fourth-order valence-electron chi connectivity index (χ4n) is 2.45. The molecule has 0 fully saturated rings. The van der Waals surface area contributed by atoms with E-state index in [1.54, 1.807) is 0 Å². The van der Waals surface area contributed by atoms with Crippen molar-refractivity contribution in [3.63, 3.8) is 0 Å². The lowest BCUT2D eigenvalue weighted by molar-refractivity contribution is 0.754. The third-order valence-corrected chi connectivity index (χ3v) is 3.68. The Morgan fingerprint density at radius 1 is 1.16 bits per heavy atom. The van der Waals surface area contributed by atoms with Gasteiger partial charge < -0.3 is 5.32 Å². The molecule has 2 aromatic rings. The van der Waals surface area contributed by atoms with Crippen LogP contribution in [0, 0.1) is 0 Å². The fourth-order valence-corrected chi connectivity index (χ4v) is 2.58. The molecule has 98 valence electrons. The van der Waals surface area contributed by atoms with Gasteiger partial charge in [0.15, 0.2) is 0 Å². The summed E-state index contributed by atoms with van der Waals surface area (Å²) < 4.78 is 0. The molecule has 0 aliphatic carbocycles. The van der Waals surface area contributed by atoms with Crippen LogP contribution in [0.4, 0.5) is 0 Å². The Bertz CT molecular complexity index is 593. The number of halogens is 1. The molecule has 3 rings (SSSR count). The van der Waals surface area contributed by atoms with Crippen LogP contribution in [0.2, 0.25) is 5.02 Å². The van der Waals surface area contributed by atoms with Gasteiger partial charge in [-0.05, 0) is 24.1 Å². The molecule has 0 saturated heterocycles. The summed E-state index contributed by atoms with van der Waals surface area (Å²) in [6.07, 6.45) is 1.72. The van der Waals surface area contributed by atoms with Gasteiger partial charge in [0.05, 0.1) is 5.69 Å². The minimum atomic E-state index is 0.761. The molecule has 1 aliphatic heterocycles. The van der Waals surface area contributed by atoms with E-state index in [9.17, 15) is 0 Å². The smallest absolute Gasteiger partial charge is 0.133 e. The summed E-state index contributed by atoms with van der Waals surface area (Å²) in [5.74, 6) is 0.904. The first kappa shape index (κ1) is 12.6. The monoisotopic (exact) mass is 273 g/mol. The lowest BCUT2D eigenvalue weighted by Crippen LogP contribution is -2.06. The lowest BCUT2D eigenvalue weighted by atomic mass is 10.1. The van der Waals surface area contributed by atoms with Gasteiger partial charge in [-0.2, -0.15) is 0 Å². The van der Waals surface area contributed by atoms with Gasteiger partial charge in [-0.15, -0.1) is 0 Å². The second kappa shape index (κ2) is 5.27. The van der Waals surface area contributed by atoms with Crippen molar-refractivity contribution in [2.24, 2.45) is 0 Å². The SMILES string of the molecule is CCc1nc(Cc2ccc(Cl)cc2)nc2c1CNC2. The fraction of sp³-hybridized carbons (Fsp3) is 0.333. The number of hydrogen-bond donors (Lipinski definition) is 1. The van der Waals surface area contributed by atoms with E-state index >= 15 is 0 Å². The van der Waals surface area contributed by atoms with Crippen molar-refractivity contribution in [3.8, 4) is 0 Å². The molecule has 0 bridgehead atoms. The number of fused-ring (bicyclic) bond motifs is 1. The van der Waals surface area contributed by atoms with E-state index < -0.39 is 0 Å². The Morgan fingerprint density at radius 3 is 2.68 bits per heavy atom. The van der Waals surface area contributed by atoms with Crippen molar-refractivity contribution < 1.29 is 0 Å². The standard InChI is InChI=1S/C15H16ClN3/c1-2-13-12-8-17-9-14(12)19-15(18-13)7-10-3-5-11(16)6-4-10/h3-6,17H,2,7-9H2,1H3. The van der Waals surface area contributed by atoms with Crippen molar-refractivity contribution in [3.05, 3.63) is 57.6 Å². The van der Waals surface area contributed by atoms with Gasteiger partial charge in [-0.3, -0.25) is 0 Å². The van der Waals surface area contributed by atoms with E-state index in [2.05, 4.69) is 17.2 Å². The summed E-state index contributed by atoms with van der Waals surface area (Å²) in [7, 11) is 0. The predicted molar refractivity (Wildman–Crippen MR) is 76.2 cm³/mol. The second-order valence-corrected chi connectivity index (χ2v) is 5.21. The molecule has 0 radical (unpaired) electrons. The van der Waals surface area contributed by atoms with Gasteiger partial charge in [0.1, 0.15) is 5.82 Å². The molecule has 2 heterocycles.